The summed E-state index contributed by atoms with van der Waals surface area (Å²) >= 11 is 0. The van der Waals surface area contributed by atoms with Crippen LogP contribution in [0.4, 0.5) is 5.69 Å². The topological polar surface area (TPSA) is 104 Å². The van der Waals surface area contributed by atoms with Gasteiger partial charge in [0.05, 0.1) is 26.5 Å². The normalized spacial score (nSPS) is 12.5. The molecule has 0 saturated carbocycles. The molecular formula is C13H22NO6S+. The lowest BCUT2D eigenvalue weighted by molar-refractivity contribution is 0.119. The Hall–Kier alpha value is -1.35. The molecule has 0 aliphatic carbocycles. The van der Waals surface area contributed by atoms with Gasteiger partial charge in [0.15, 0.2) is 11.5 Å². The van der Waals surface area contributed by atoms with E-state index in [1.54, 1.807) is 6.07 Å². The lowest BCUT2D eigenvalue weighted by Crippen LogP contribution is -2.43. The van der Waals surface area contributed by atoms with Crippen LogP contribution in [0, 0.1) is 0 Å². The first-order valence-corrected chi connectivity index (χ1v) is 8.11. The van der Waals surface area contributed by atoms with Crippen LogP contribution in [-0.2, 0) is 14.9 Å². The van der Waals surface area contributed by atoms with Gasteiger partial charge in [-0.15, -0.1) is 0 Å². The summed E-state index contributed by atoms with van der Waals surface area (Å²) in [5.41, 5.74) is 0.812. The van der Waals surface area contributed by atoms with Crippen molar-refractivity contribution in [2.75, 3.05) is 39.6 Å². The SMILES string of the molecule is C[N+](C)(CCOCCCS(=O)(=O)O)c1ccc(O)c(O)c1. The molecule has 0 saturated heterocycles. The number of rotatable bonds is 8. The lowest BCUT2D eigenvalue weighted by atomic mass is 10.2. The Kier molecular flexibility index (Phi) is 5.97. The third-order valence-corrected chi connectivity index (χ3v) is 3.95. The van der Waals surface area contributed by atoms with Crippen LogP contribution in [0.15, 0.2) is 18.2 Å². The van der Waals surface area contributed by atoms with Crippen LogP contribution >= 0.6 is 0 Å². The number of likely N-dealkylation sites (N-methyl/N-ethyl adjacent to an activating group) is 1. The summed E-state index contributed by atoms with van der Waals surface area (Å²) in [5.74, 6) is -0.648. The van der Waals surface area contributed by atoms with Gasteiger partial charge in [-0.25, -0.2) is 0 Å². The Bertz CT molecular complexity index is 570. The van der Waals surface area contributed by atoms with Gasteiger partial charge < -0.3 is 14.9 Å². The number of phenolic OH excluding ortho intramolecular Hbond substituents is 2. The van der Waals surface area contributed by atoms with Crippen LogP contribution in [0.25, 0.3) is 0 Å². The fraction of sp³-hybridized carbons (Fsp3) is 0.538. The van der Waals surface area contributed by atoms with Crippen LogP contribution in [0.3, 0.4) is 0 Å². The molecule has 8 heteroatoms. The maximum atomic E-state index is 10.5. The molecule has 120 valence electrons. The van der Waals surface area contributed by atoms with E-state index in [1.807, 2.05) is 14.1 Å². The molecule has 0 amide bonds. The predicted molar refractivity (Wildman–Crippen MR) is 80.1 cm³/mol. The standard InChI is InChI=1S/C13H21NO6S/c1-14(2,11-4-5-12(15)13(16)10-11)6-8-20-7-3-9-21(17,18)19/h4-5,10H,3,6-9H2,1-2H3,(H2-,15,16,17,18,19)/p+1. The maximum Gasteiger partial charge on any atom is 0.264 e. The Morgan fingerprint density at radius 1 is 1.14 bits per heavy atom. The van der Waals surface area contributed by atoms with Gasteiger partial charge in [0.25, 0.3) is 10.1 Å². The molecule has 1 rings (SSSR count). The summed E-state index contributed by atoms with van der Waals surface area (Å²) in [5, 5.41) is 18.8. The molecule has 0 bridgehead atoms. The molecule has 21 heavy (non-hydrogen) atoms. The summed E-state index contributed by atoms with van der Waals surface area (Å²) in [7, 11) is -0.0790. The molecule has 0 atom stereocenters. The molecule has 0 aliphatic rings. The summed E-state index contributed by atoms with van der Waals surface area (Å²) in [6.07, 6.45) is 0.242. The second-order valence-electron chi connectivity index (χ2n) is 5.33. The van der Waals surface area contributed by atoms with Gasteiger partial charge in [0, 0.05) is 18.7 Å². The minimum absolute atomic E-state index is 0.166. The Labute approximate surface area is 124 Å². The minimum atomic E-state index is -3.93. The summed E-state index contributed by atoms with van der Waals surface area (Å²) < 4.78 is 35.4. The number of benzene rings is 1. The first-order chi connectivity index (χ1) is 9.62. The van der Waals surface area contributed by atoms with E-state index in [4.69, 9.17) is 9.29 Å². The Morgan fingerprint density at radius 2 is 1.81 bits per heavy atom. The van der Waals surface area contributed by atoms with Gasteiger partial charge in [0.1, 0.15) is 12.2 Å². The summed E-state index contributed by atoms with van der Waals surface area (Å²) in [6.45, 7) is 1.26. The van der Waals surface area contributed by atoms with Crippen molar-refractivity contribution in [1.82, 2.24) is 4.48 Å². The van der Waals surface area contributed by atoms with Crippen molar-refractivity contribution >= 4 is 15.8 Å². The summed E-state index contributed by atoms with van der Waals surface area (Å²) in [4.78, 5) is 0. The van der Waals surface area contributed by atoms with Crippen LogP contribution in [-0.4, -0.2) is 62.8 Å². The summed E-state index contributed by atoms with van der Waals surface area (Å²) in [6, 6.07) is 4.64. The van der Waals surface area contributed by atoms with E-state index >= 15 is 0 Å². The predicted octanol–water partition coefficient (Wildman–Crippen LogP) is 0.959. The van der Waals surface area contributed by atoms with E-state index in [-0.39, 0.29) is 30.3 Å². The molecule has 0 unspecified atom stereocenters. The highest BCUT2D eigenvalue weighted by Crippen LogP contribution is 2.31. The smallest absolute Gasteiger partial charge is 0.264 e. The number of hydrogen-bond donors (Lipinski definition) is 3. The minimum Gasteiger partial charge on any atom is -0.504 e. The number of aromatic hydroxyl groups is 2. The van der Waals surface area contributed by atoms with E-state index < -0.39 is 10.1 Å². The molecule has 7 nitrogen and oxygen atoms in total. The quantitative estimate of drug-likeness (QED) is 0.285. The van der Waals surface area contributed by atoms with Gasteiger partial charge in [-0.1, -0.05) is 0 Å². The maximum absolute atomic E-state index is 10.5. The van der Waals surface area contributed by atoms with Gasteiger partial charge in [-0.2, -0.15) is 8.42 Å². The lowest BCUT2D eigenvalue weighted by Gasteiger charge is -2.29. The van der Waals surface area contributed by atoms with Crippen molar-refractivity contribution in [2.45, 2.75) is 6.42 Å². The number of ether oxygens (including phenoxy) is 1. The zero-order valence-corrected chi connectivity index (χ0v) is 13.0. The molecule has 1 aromatic carbocycles. The van der Waals surface area contributed by atoms with Crippen molar-refractivity contribution < 1.29 is 27.9 Å². The van der Waals surface area contributed by atoms with E-state index in [2.05, 4.69) is 0 Å². The Balaban J connectivity index is 2.41. The Morgan fingerprint density at radius 3 is 2.38 bits per heavy atom. The average Bonchev–Trinajstić information content (AvgIpc) is 2.35. The van der Waals surface area contributed by atoms with Crippen LogP contribution in [0.5, 0.6) is 11.5 Å². The highest BCUT2D eigenvalue weighted by molar-refractivity contribution is 7.85. The number of phenols is 2. The van der Waals surface area contributed by atoms with Gasteiger partial charge in [-0.3, -0.25) is 9.04 Å². The van der Waals surface area contributed by atoms with E-state index in [1.165, 1.54) is 12.1 Å². The zero-order chi connectivity index (χ0) is 16.1. The van der Waals surface area contributed by atoms with Gasteiger partial charge in [-0.05, 0) is 12.5 Å². The fourth-order valence-electron chi connectivity index (χ4n) is 1.76. The second-order valence-corrected chi connectivity index (χ2v) is 6.91. The van der Waals surface area contributed by atoms with Crippen molar-refractivity contribution in [3.8, 4) is 11.5 Å². The van der Waals surface area contributed by atoms with E-state index in [0.29, 0.717) is 17.6 Å². The van der Waals surface area contributed by atoms with Crippen molar-refractivity contribution in [3.05, 3.63) is 18.2 Å². The third-order valence-electron chi connectivity index (χ3n) is 3.14. The van der Waals surface area contributed by atoms with E-state index in [0.717, 1.165) is 5.69 Å². The third kappa shape index (κ3) is 6.30. The molecular weight excluding hydrogens is 298 g/mol. The van der Waals surface area contributed by atoms with Crippen molar-refractivity contribution in [2.24, 2.45) is 0 Å². The first-order valence-electron chi connectivity index (χ1n) is 6.50. The molecule has 0 heterocycles. The second kappa shape index (κ2) is 7.08. The monoisotopic (exact) mass is 320 g/mol. The van der Waals surface area contributed by atoms with Gasteiger partial charge >= 0.3 is 0 Å². The van der Waals surface area contributed by atoms with Crippen molar-refractivity contribution in [1.29, 1.82) is 0 Å². The van der Waals surface area contributed by atoms with Crippen molar-refractivity contribution in [3.63, 3.8) is 0 Å². The van der Waals surface area contributed by atoms with Crippen LogP contribution < -0.4 is 4.48 Å². The van der Waals surface area contributed by atoms with Crippen LogP contribution in [0.1, 0.15) is 6.42 Å². The molecule has 0 radical (unpaired) electrons. The number of nitrogens with zero attached hydrogens (tertiary/aromatic N) is 1. The molecule has 0 aromatic heterocycles. The molecule has 0 aliphatic heterocycles. The highest BCUT2D eigenvalue weighted by atomic mass is 32.2. The molecule has 1 aromatic rings. The van der Waals surface area contributed by atoms with Gasteiger partial charge in [0.2, 0.25) is 0 Å². The molecule has 0 fully saturated rings. The fourth-order valence-corrected chi connectivity index (χ4v) is 2.24. The number of quaternary nitrogens is 1. The highest BCUT2D eigenvalue weighted by Gasteiger charge is 2.20. The number of hydrogen-bond acceptors (Lipinski definition) is 5. The van der Waals surface area contributed by atoms with Crippen LogP contribution in [0.2, 0.25) is 0 Å². The largest absolute Gasteiger partial charge is 0.504 e. The first kappa shape index (κ1) is 17.7. The zero-order valence-electron chi connectivity index (χ0n) is 12.2. The molecule has 0 spiro atoms. The molecule has 3 N–H and O–H groups in total. The average molecular weight is 320 g/mol. The van der Waals surface area contributed by atoms with E-state index in [9.17, 15) is 18.6 Å².